The Hall–Kier alpha value is -3.08. The average Bonchev–Trinajstić information content (AvgIpc) is 2.53. The molecule has 3 rings (SSSR count). The average molecular weight is 310 g/mol. The van der Waals surface area contributed by atoms with E-state index in [-0.39, 0.29) is 5.43 Å². The van der Waals surface area contributed by atoms with Crippen LogP contribution in [0.15, 0.2) is 57.7 Å². The lowest BCUT2D eigenvalue weighted by Gasteiger charge is -2.08. The molecule has 0 radical (unpaired) electrons. The zero-order valence-electron chi connectivity index (χ0n) is 12.4. The predicted molar refractivity (Wildman–Crippen MR) is 85.8 cm³/mol. The number of carboxylic acid groups (broad SMARTS) is 1. The van der Waals surface area contributed by atoms with Gasteiger partial charge in [0.2, 0.25) is 5.43 Å². The molecule has 0 saturated heterocycles. The van der Waals surface area contributed by atoms with Crippen LogP contribution in [0, 0.1) is 6.92 Å². The van der Waals surface area contributed by atoms with E-state index in [9.17, 15) is 9.59 Å². The minimum absolute atomic E-state index is 0.125. The van der Waals surface area contributed by atoms with Crippen molar-refractivity contribution >= 4 is 16.9 Å². The quantitative estimate of drug-likeness (QED) is 0.800. The highest BCUT2D eigenvalue weighted by molar-refractivity contribution is 5.83. The second-order valence-electron chi connectivity index (χ2n) is 5.07. The zero-order valence-corrected chi connectivity index (χ0v) is 12.4. The standard InChI is InChI=1S/C18H14O5/c1-11-17(12-5-3-2-4-6-12)18(21)14-8-7-13(9-15(14)23-11)22-10-16(19)20/h2-9H,10H2,1H3,(H,19,20). The molecule has 0 amide bonds. The van der Waals surface area contributed by atoms with Crippen LogP contribution in [-0.4, -0.2) is 17.7 Å². The Morgan fingerprint density at radius 2 is 1.91 bits per heavy atom. The van der Waals surface area contributed by atoms with E-state index < -0.39 is 12.6 Å². The van der Waals surface area contributed by atoms with E-state index in [1.165, 1.54) is 6.07 Å². The second kappa shape index (κ2) is 5.96. The minimum Gasteiger partial charge on any atom is -0.482 e. The summed E-state index contributed by atoms with van der Waals surface area (Å²) >= 11 is 0. The molecule has 2 aromatic carbocycles. The molecule has 0 aliphatic rings. The lowest BCUT2D eigenvalue weighted by Crippen LogP contribution is -2.10. The maximum atomic E-state index is 12.7. The van der Waals surface area contributed by atoms with Crippen molar-refractivity contribution in [1.82, 2.24) is 0 Å². The van der Waals surface area contributed by atoms with Crippen LogP contribution in [0.25, 0.3) is 22.1 Å². The van der Waals surface area contributed by atoms with Crippen LogP contribution in [0.3, 0.4) is 0 Å². The molecule has 0 aliphatic heterocycles. The molecule has 23 heavy (non-hydrogen) atoms. The SMILES string of the molecule is Cc1oc2cc(OCC(=O)O)ccc2c(=O)c1-c1ccccc1. The van der Waals surface area contributed by atoms with Gasteiger partial charge in [-0.1, -0.05) is 30.3 Å². The first kappa shape index (κ1) is 14.8. The summed E-state index contributed by atoms with van der Waals surface area (Å²) in [6.45, 7) is 1.28. The van der Waals surface area contributed by atoms with Gasteiger partial charge in [-0.15, -0.1) is 0 Å². The molecule has 3 aromatic rings. The summed E-state index contributed by atoms with van der Waals surface area (Å²) in [7, 11) is 0. The number of hydrogen-bond acceptors (Lipinski definition) is 4. The van der Waals surface area contributed by atoms with E-state index in [4.69, 9.17) is 14.3 Å². The van der Waals surface area contributed by atoms with Gasteiger partial charge in [-0.3, -0.25) is 4.79 Å². The number of aryl methyl sites for hydroxylation is 1. The van der Waals surface area contributed by atoms with Crippen molar-refractivity contribution in [2.24, 2.45) is 0 Å². The van der Waals surface area contributed by atoms with Gasteiger partial charge >= 0.3 is 5.97 Å². The van der Waals surface area contributed by atoms with E-state index in [2.05, 4.69) is 0 Å². The summed E-state index contributed by atoms with van der Waals surface area (Å²) in [5, 5.41) is 9.07. The van der Waals surface area contributed by atoms with Crippen LogP contribution in [-0.2, 0) is 4.79 Å². The first-order valence-corrected chi connectivity index (χ1v) is 7.04. The Balaban J connectivity index is 2.12. The van der Waals surface area contributed by atoms with Crippen LogP contribution in [0.5, 0.6) is 5.75 Å². The van der Waals surface area contributed by atoms with Crippen LogP contribution in [0.2, 0.25) is 0 Å². The largest absolute Gasteiger partial charge is 0.482 e. The smallest absolute Gasteiger partial charge is 0.341 e. The lowest BCUT2D eigenvalue weighted by atomic mass is 10.0. The van der Waals surface area contributed by atoms with Gasteiger partial charge in [0.1, 0.15) is 17.1 Å². The Kier molecular flexibility index (Phi) is 3.85. The fourth-order valence-corrected chi connectivity index (χ4v) is 2.46. The highest BCUT2D eigenvalue weighted by atomic mass is 16.5. The zero-order chi connectivity index (χ0) is 16.4. The van der Waals surface area contributed by atoms with Crippen LogP contribution >= 0.6 is 0 Å². The summed E-state index contributed by atoms with van der Waals surface area (Å²) in [5.41, 5.74) is 1.57. The number of benzene rings is 2. The van der Waals surface area contributed by atoms with E-state index in [1.807, 2.05) is 30.3 Å². The molecule has 0 saturated carbocycles. The molecule has 0 unspecified atom stereocenters. The topological polar surface area (TPSA) is 76.7 Å². The molecule has 5 heteroatoms. The molecule has 0 bridgehead atoms. The summed E-state index contributed by atoms with van der Waals surface area (Å²) in [4.78, 5) is 23.3. The Morgan fingerprint density at radius 1 is 1.17 bits per heavy atom. The highest BCUT2D eigenvalue weighted by Gasteiger charge is 2.14. The van der Waals surface area contributed by atoms with Gasteiger partial charge in [0.05, 0.1) is 10.9 Å². The molecule has 0 atom stereocenters. The fraction of sp³-hybridized carbons (Fsp3) is 0.111. The maximum absolute atomic E-state index is 12.7. The normalized spacial score (nSPS) is 10.7. The molecule has 0 spiro atoms. The maximum Gasteiger partial charge on any atom is 0.341 e. The summed E-state index contributed by atoms with van der Waals surface area (Å²) in [6.07, 6.45) is 0. The summed E-state index contributed by atoms with van der Waals surface area (Å²) < 4.78 is 10.9. The van der Waals surface area contributed by atoms with Gasteiger partial charge in [-0.2, -0.15) is 0 Å². The molecule has 1 heterocycles. The monoisotopic (exact) mass is 310 g/mol. The van der Waals surface area contributed by atoms with Gasteiger partial charge in [0, 0.05) is 6.07 Å². The van der Waals surface area contributed by atoms with Crippen LogP contribution in [0.1, 0.15) is 5.76 Å². The lowest BCUT2D eigenvalue weighted by molar-refractivity contribution is -0.139. The third kappa shape index (κ3) is 2.94. The molecule has 116 valence electrons. The number of carbonyl (C=O) groups is 1. The summed E-state index contributed by atoms with van der Waals surface area (Å²) in [6, 6.07) is 14.0. The van der Waals surface area contributed by atoms with Crippen molar-refractivity contribution in [2.45, 2.75) is 6.92 Å². The Morgan fingerprint density at radius 3 is 2.61 bits per heavy atom. The van der Waals surface area contributed by atoms with Gasteiger partial charge in [0.15, 0.2) is 6.61 Å². The summed E-state index contributed by atoms with van der Waals surface area (Å²) in [5.74, 6) is -0.221. The Labute approximate surface area is 131 Å². The van der Waals surface area contributed by atoms with Crippen molar-refractivity contribution in [1.29, 1.82) is 0 Å². The fourth-order valence-electron chi connectivity index (χ4n) is 2.46. The number of fused-ring (bicyclic) bond motifs is 1. The van der Waals surface area contributed by atoms with Gasteiger partial charge < -0.3 is 14.3 Å². The van der Waals surface area contributed by atoms with Gasteiger partial charge in [-0.05, 0) is 24.6 Å². The predicted octanol–water partition coefficient (Wildman–Crippen LogP) is 3.23. The van der Waals surface area contributed by atoms with E-state index >= 15 is 0 Å². The molecular weight excluding hydrogens is 296 g/mol. The van der Waals surface area contributed by atoms with Crippen molar-refractivity contribution in [3.8, 4) is 16.9 Å². The van der Waals surface area contributed by atoms with Crippen molar-refractivity contribution in [3.05, 3.63) is 64.5 Å². The molecule has 0 aliphatic carbocycles. The van der Waals surface area contributed by atoms with Crippen molar-refractivity contribution < 1.29 is 19.1 Å². The number of carboxylic acids is 1. The van der Waals surface area contributed by atoms with Gasteiger partial charge in [0.25, 0.3) is 0 Å². The molecular formula is C18H14O5. The number of hydrogen-bond donors (Lipinski definition) is 1. The first-order valence-electron chi connectivity index (χ1n) is 7.04. The number of ether oxygens (including phenoxy) is 1. The Bertz CT molecular complexity index is 925. The van der Waals surface area contributed by atoms with E-state index in [0.717, 1.165) is 5.56 Å². The van der Waals surface area contributed by atoms with Crippen molar-refractivity contribution in [2.75, 3.05) is 6.61 Å². The number of rotatable bonds is 4. The molecule has 0 fully saturated rings. The van der Waals surface area contributed by atoms with E-state index in [0.29, 0.717) is 28.0 Å². The number of aliphatic carboxylic acids is 1. The molecule has 1 aromatic heterocycles. The second-order valence-corrected chi connectivity index (χ2v) is 5.07. The minimum atomic E-state index is -1.07. The van der Waals surface area contributed by atoms with Crippen LogP contribution in [0.4, 0.5) is 0 Å². The van der Waals surface area contributed by atoms with Gasteiger partial charge in [-0.25, -0.2) is 4.79 Å². The van der Waals surface area contributed by atoms with Crippen molar-refractivity contribution in [3.63, 3.8) is 0 Å². The first-order chi connectivity index (χ1) is 11.1. The highest BCUT2D eigenvalue weighted by Crippen LogP contribution is 2.26. The third-order valence-corrected chi connectivity index (χ3v) is 3.46. The molecule has 5 nitrogen and oxygen atoms in total. The third-order valence-electron chi connectivity index (χ3n) is 3.46. The van der Waals surface area contributed by atoms with Crippen LogP contribution < -0.4 is 10.2 Å². The molecule has 1 N–H and O–H groups in total. The van der Waals surface area contributed by atoms with E-state index in [1.54, 1.807) is 19.1 Å².